The van der Waals surface area contributed by atoms with E-state index in [1.54, 1.807) is 13.8 Å². The number of hydrogen-bond donors (Lipinski definition) is 0. The number of carbonyl (C=O) groups is 2. The Kier molecular flexibility index (Phi) is 4.67. The monoisotopic (exact) mass is 322 g/mol. The average molecular weight is 323 g/mol. The first-order valence-corrected chi connectivity index (χ1v) is 7.52. The number of carbonyl (C=O) groups excluding carboxylic acids is 2. The molecule has 1 fully saturated rings. The Morgan fingerprint density at radius 1 is 1.32 bits per heavy atom. The molecule has 4 nitrogen and oxygen atoms in total. The van der Waals surface area contributed by atoms with E-state index in [0.717, 1.165) is 6.42 Å². The molecule has 0 aromatic heterocycles. The van der Waals surface area contributed by atoms with E-state index in [0.29, 0.717) is 0 Å². The summed E-state index contributed by atoms with van der Waals surface area (Å²) >= 11 is 5.61. The van der Waals surface area contributed by atoms with Crippen LogP contribution in [0.15, 0.2) is 23.8 Å². The highest BCUT2D eigenvalue weighted by Gasteiger charge is 2.53. The summed E-state index contributed by atoms with van der Waals surface area (Å²) in [5.74, 6) is 0.396. The summed E-state index contributed by atoms with van der Waals surface area (Å²) in [6.07, 6.45) is 10.0. The van der Waals surface area contributed by atoms with Crippen LogP contribution in [0.3, 0.4) is 0 Å². The van der Waals surface area contributed by atoms with Crippen LogP contribution in [-0.4, -0.2) is 24.1 Å². The Bertz CT molecular complexity index is 570. The van der Waals surface area contributed by atoms with Crippen molar-refractivity contribution in [2.75, 3.05) is 6.61 Å². The first kappa shape index (κ1) is 16.6. The second kappa shape index (κ2) is 6.18. The molecule has 1 saturated carbocycles. The van der Waals surface area contributed by atoms with Crippen molar-refractivity contribution in [3.05, 3.63) is 23.8 Å². The van der Waals surface area contributed by atoms with Gasteiger partial charge in [-0.15, -0.1) is 6.42 Å². The maximum absolute atomic E-state index is 12.5. The molecule has 0 N–H and O–H groups in total. The van der Waals surface area contributed by atoms with E-state index in [-0.39, 0.29) is 23.5 Å². The number of hydrogen-bond acceptors (Lipinski definition) is 4. The van der Waals surface area contributed by atoms with Crippen molar-refractivity contribution in [2.45, 2.75) is 25.9 Å². The second-order valence-electron chi connectivity index (χ2n) is 6.20. The van der Waals surface area contributed by atoms with E-state index in [9.17, 15) is 9.59 Å². The molecule has 0 unspecified atom stereocenters. The minimum absolute atomic E-state index is 0.00686. The lowest BCUT2D eigenvalue weighted by Gasteiger charge is -2.28. The Morgan fingerprint density at radius 3 is 2.36 bits per heavy atom. The molecule has 0 amide bonds. The molecule has 0 aromatic carbocycles. The van der Waals surface area contributed by atoms with Gasteiger partial charge in [0.1, 0.15) is 6.61 Å². The van der Waals surface area contributed by atoms with Gasteiger partial charge in [-0.3, -0.25) is 9.59 Å². The van der Waals surface area contributed by atoms with Crippen LogP contribution in [0, 0.1) is 36.0 Å². The van der Waals surface area contributed by atoms with Crippen molar-refractivity contribution >= 4 is 23.5 Å². The zero-order valence-electron chi connectivity index (χ0n) is 12.7. The van der Waals surface area contributed by atoms with Crippen LogP contribution in [0.2, 0.25) is 0 Å². The third-order valence-electron chi connectivity index (χ3n) is 4.08. The summed E-state index contributed by atoms with van der Waals surface area (Å²) < 4.78 is 10.5. The van der Waals surface area contributed by atoms with E-state index in [1.165, 1.54) is 0 Å². The molecule has 22 heavy (non-hydrogen) atoms. The predicted molar refractivity (Wildman–Crippen MR) is 82.7 cm³/mol. The molecule has 0 aromatic rings. The van der Waals surface area contributed by atoms with Crippen molar-refractivity contribution in [3.63, 3.8) is 0 Å². The fraction of sp³-hybridized carbons (Fsp3) is 0.529. The fourth-order valence-electron chi connectivity index (χ4n) is 3.06. The number of ether oxygens (including phenoxy) is 2. The van der Waals surface area contributed by atoms with E-state index in [1.807, 2.05) is 12.2 Å². The molecular formula is C17H19ClO4. The summed E-state index contributed by atoms with van der Waals surface area (Å²) in [5.41, 5.74) is -0.999. The molecule has 118 valence electrons. The Hall–Kier alpha value is -1.73. The molecule has 0 heterocycles. The highest BCUT2D eigenvalue weighted by atomic mass is 35.5. The van der Waals surface area contributed by atoms with Crippen molar-refractivity contribution in [1.29, 1.82) is 0 Å². The Morgan fingerprint density at radius 2 is 1.86 bits per heavy atom. The molecule has 2 rings (SSSR count). The molecule has 2 aliphatic rings. The first-order chi connectivity index (χ1) is 10.2. The van der Waals surface area contributed by atoms with Crippen LogP contribution in [0.4, 0.5) is 0 Å². The van der Waals surface area contributed by atoms with E-state index < -0.39 is 29.4 Å². The number of rotatable bonds is 5. The summed E-state index contributed by atoms with van der Waals surface area (Å²) in [4.78, 5) is 24.7. The molecule has 2 aliphatic carbocycles. The Balaban J connectivity index is 2.13. The van der Waals surface area contributed by atoms with Gasteiger partial charge in [-0.2, -0.15) is 0 Å². The van der Waals surface area contributed by atoms with Gasteiger partial charge in [0, 0.05) is 5.03 Å². The highest BCUT2D eigenvalue weighted by molar-refractivity contribution is 6.29. The fourth-order valence-corrected chi connectivity index (χ4v) is 3.11. The lowest BCUT2D eigenvalue weighted by Crippen LogP contribution is -2.39. The quantitative estimate of drug-likeness (QED) is 0.443. The lowest BCUT2D eigenvalue weighted by atomic mass is 9.83. The average Bonchev–Trinajstić information content (AvgIpc) is 3.04. The smallest absolute Gasteiger partial charge is 0.311 e. The van der Waals surface area contributed by atoms with Gasteiger partial charge < -0.3 is 9.47 Å². The number of esters is 2. The van der Waals surface area contributed by atoms with Gasteiger partial charge >= 0.3 is 11.9 Å². The number of halogens is 1. The largest absolute Gasteiger partial charge is 0.460 e. The molecule has 0 saturated heterocycles. The first-order valence-electron chi connectivity index (χ1n) is 7.14. The van der Waals surface area contributed by atoms with Crippen LogP contribution in [0.25, 0.3) is 0 Å². The molecule has 0 spiro atoms. The van der Waals surface area contributed by atoms with Gasteiger partial charge in [-0.25, -0.2) is 0 Å². The Labute approximate surface area is 135 Å². The third-order valence-corrected chi connectivity index (χ3v) is 4.19. The van der Waals surface area contributed by atoms with Gasteiger partial charge in [0.2, 0.25) is 0 Å². The van der Waals surface area contributed by atoms with E-state index in [2.05, 4.69) is 12.5 Å². The van der Waals surface area contributed by atoms with Crippen molar-refractivity contribution in [3.8, 4) is 12.3 Å². The summed E-state index contributed by atoms with van der Waals surface area (Å²) in [6, 6.07) is 0. The molecule has 2 bridgehead atoms. The molecular weight excluding hydrogens is 304 g/mol. The van der Waals surface area contributed by atoms with Gasteiger partial charge in [-0.1, -0.05) is 36.3 Å². The van der Waals surface area contributed by atoms with Crippen LogP contribution < -0.4 is 0 Å². The summed E-state index contributed by atoms with van der Waals surface area (Å²) in [6.45, 7) is 6.69. The predicted octanol–water partition coefficient (Wildman–Crippen LogP) is 2.68. The second-order valence-corrected chi connectivity index (χ2v) is 6.74. The number of fused-ring (bicyclic) bond motifs is 2. The van der Waals surface area contributed by atoms with Crippen LogP contribution in [-0.2, 0) is 19.1 Å². The minimum atomic E-state index is -0.999. The zero-order chi connectivity index (χ0) is 16.5. The molecule has 0 aliphatic heterocycles. The SMILES string of the molecule is C#CC(C)(C)OC(=O)[C@H]1[C@H](C(=O)OCC(=C)Cl)[C@@H]2C=C[C@@H]1C2. The van der Waals surface area contributed by atoms with Gasteiger partial charge in [0.25, 0.3) is 0 Å². The summed E-state index contributed by atoms with van der Waals surface area (Å²) in [7, 11) is 0. The molecule has 4 atom stereocenters. The lowest BCUT2D eigenvalue weighted by molar-refractivity contribution is -0.166. The standard InChI is InChI=1S/C17H19ClO4/c1-5-17(3,4)22-16(20)14-12-7-6-11(8-12)13(14)15(19)21-9-10(2)18/h1,6-7,11-14H,2,8-9H2,3-4H3/t11-,12-,13-,14-/m1/s1. The van der Waals surface area contributed by atoms with Crippen LogP contribution in [0.5, 0.6) is 0 Å². The molecule has 5 heteroatoms. The van der Waals surface area contributed by atoms with Gasteiger partial charge in [0.15, 0.2) is 5.60 Å². The molecule has 0 radical (unpaired) electrons. The zero-order valence-corrected chi connectivity index (χ0v) is 13.4. The number of allylic oxidation sites excluding steroid dienone is 2. The van der Waals surface area contributed by atoms with Crippen molar-refractivity contribution in [2.24, 2.45) is 23.7 Å². The van der Waals surface area contributed by atoms with Gasteiger partial charge in [-0.05, 0) is 32.1 Å². The summed E-state index contributed by atoms with van der Waals surface area (Å²) in [5, 5.41) is 0.236. The highest BCUT2D eigenvalue weighted by Crippen LogP contribution is 2.49. The minimum Gasteiger partial charge on any atom is -0.460 e. The third kappa shape index (κ3) is 3.36. The van der Waals surface area contributed by atoms with Crippen molar-refractivity contribution < 1.29 is 19.1 Å². The number of terminal acetylenes is 1. The van der Waals surface area contributed by atoms with E-state index in [4.69, 9.17) is 27.5 Å². The maximum Gasteiger partial charge on any atom is 0.311 e. The van der Waals surface area contributed by atoms with E-state index >= 15 is 0 Å². The van der Waals surface area contributed by atoms with Crippen molar-refractivity contribution in [1.82, 2.24) is 0 Å². The van der Waals surface area contributed by atoms with Gasteiger partial charge in [0.05, 0.1) is 11.8 Å². The maximum atomic E-state index is 12.5. The normalized spacial score (nSPS) is 29.0. The van der Waals surface area contributed by atoms with Crippen LogP contribution >= 0.6 is 11.6 Å². The van der Waals surface area contributed by atoms with Crippen LogP contribution in [0.1, 0.15) is 20.3 Å². The topological polar surface area (TPSA) is 52.6 Å².